The van der Waals surface area contributed by atoms with Crippen molar-refractivity contribution in [1.29, 1.82) is 0 Å². The molecule has 0 saturated carbocycles. The number of aryl methyl sites for hydroxylation is 4. The summed E-state index contributed by atoms with van der Waals surface area (Å²) in [5, 5.41) is 5.23. The number of nitrogens with zero attached hydrogens (tertiary/aromatic N) is 5. The van der Waals surface area contributed by atoms with Gasteiger partial charge in [0.1, 0.15) is 0 Å². The molecule has 4 rings (SSSR count). The molecule has 0 N–H and O–H groups in total. The smallest absolute Gasteiger partial charge is 0.260 e. The van der Waals surface area contributed by atoms with Gasteiger partial charge in [0.2, 0.25) is 5.88 Å². The number of benzene rings is 1. The standard InChI is InChI=1S/C24H29N5O3/c1-5-18-6-8-19(9-7-18)24(31)29-12-10-28(11-13-29)20(30)15-32-23-21-16(2)14-17(3)25-22(21)27(4)26-23/h6-9,14H,5,10-13,15H2,1-4H3. The summed E-state index contributed by atoms with van der Waals surface area (Å²) in [6, 6.07) is 9.71. The summed E-state index contributed by atoms with van der Waals surface area (Å²) in [5.74, 6) is 0.320. The third-order valence-electron chi connectivity index (χ3n) is 5.95. The largest absolute Gasteiger partial charge is 0.466 e. The van der Waals surface area contributed by atoms with E-state index in [2.05, 4.69) is 17.0 Å². The molecular formula is C24H29N5O3. The van der Waals surface area contributed by atoms with E-state index in [4.69, 9.17) is 4.74 Å². The summed E-state index contributed by atoms with van der Waals surface area (Å²) >= 11 is 0. The van der Waals surface area contributed by atoms with Crippen molar-refractivity contribution >= 4 is 22.8 Å². The zero-order valence-corrected chi connectivity index (χ0v) is 19.1. The maximum atomic E-state index is 12.8. The van der Waals surface area contributed by atoms with Crippen LogP contribution in [-0.2, 0) is 18.3 Å². The summed E-state index contributed by atoms with van der Waals surface area (Å²) in [5.41, 5.74) is 4.56. The lowest BCUT2D eigenvalue weighted by molar-refractivity contribution is -0.134. The molecule has 8 heteroatoms. The van der Waals surface area contributed by atoms with E-state index in [1.165, 1.54) is 5.56 Å². The number of carbonyl (C=O) groups excluding carboxylic acids is 2. The van der Waals surface area contributed by atoms with Gasteiger partial charge in [-0.25, -0.2) is 9.67 Å². The molecule has 1 saturated heterocycles. The van der Waals surface area contributed by atoms with E-state index in [-0.39, 0.29) is 18.4 Å². The highest BCUT2D eigenvalue weighted by Gasteiger charge is 2.25. The molecule has 168 valence electrons. The van der Waals surface area contributed by atoms with Crippen LogP contribution in [0.3, 0.4) is 0 Å². The lowest BCUT2D eigenvalue weighted by atomic mass is 10.1. The lowest BCUT2D eigenvalue weighted by Gasteiger charge is -2.34. The van der Waals surface area contributed by atoms with Gasteiger partial charge in [-0.1, -0.05) is 19.1 Å². The molecule has 0 unspecified atom stereocenters. The van der Waals surface area contributed by atoms with Gasteiger partial charge in [0.05, 0.1) is 5.39 Å². The Morgan fingerprint density at radius 1 is 1.03 bits per heavy atom. The number of aromatic nitrogens is 3. The molecule has 1 fully saturated rings. The Hall–Kier alpha value is -3.42. The van der Waals surface area contributed by atoms with Gasteiger partial charge in [-0.15, -0.1) is 5.10 Å². The van der Waals surface area contributed by atoms with Crippen molar-refractivity contribution in [3.8, 4) is 5.88 Å². The number of piperazine rings is 1. The van der Waals surface area contributed by atoms with Crippen molar-refractivity contribution < 1.29 is 14.3 Å². The molecule has 32 heavy (non-hydrogen) atoms. The number of ether oxygens (including phenoxy) is 1. The van der Waals surface area contributed by atoms with Gasteiger partial charge in [-0.05, 0) is 49.6 Å². The number of hydrogen-bond donors (Lipinski definition) is 0. The summed E-state index contributed by atoms with van der Waals surface area (Å²) in [6.45, 7) is 7.92. The minimum Gasteiger partial charge on any atom is -0.466 e. The molecule has 1 aliphatic rings. The van der Waals surface area contributed by atoms with Crippen LogP contribution >= 0.6 is 0 Å². The van der Waals surface area contributed by atoms with Crippen LogP contribution in [0.15, 0.2) is 30.3 Å². The Labute approximate surface area is 187 Å². The molecule has 8 nitrogen and oxygen atoms in total. The first kappa shape index (κ1) is 21.8. The third kappa shape index (κ3) is 4.30. The molecule has 0 bridgehead atoms. The highest BCUT2D eigenvalue weighted by molar-refractivity contribution is 5.94. The first-order chi connectivity index (χ1) is 15.4. The van der Waals surface area contributed by atoms with Gasteiger partial charge in [-0.3, -0.25) is 9.59 Å². The third-order valence-corrected chi connectivity index (χ3v) is 5.95. The molecule has 0 radical (unpaired) electrons. The first-order valence-corrected chi connectivity index (χ1v) is 11.0. The average molecular weight is 436 g/mol. The fourth-order valence-corrected chi connectivity index (χ4v) is 4.10. The summed E-state index contributed by atoms with van der Waals surface area (Å²) in [4.78, 5) is 33.5. The van der Waals surface area contributed by atoms with E-state index >= 15 is 0 Å². The molecule has 1 aromatic carbocycles. The number of rotatable bonds is 5. The fraction of sp³-hybridized carbons (Fsp3) is 0.417. The van der Waals surface area contributed by atoms with Crippen molar-refractivity contribution in [2.75, 3.05) is 32.8 Å². The number of fused-ring (bicyclic) bond motifs is 1. The molecule has 0 atom stereocenters. The first-order valence-electron chi connectivity index (χ1n) is 11.0. The summed E-state index contributed by atoms with van der Waals surface area (Å²) in [6.07, 6.45) is 0.946. The van der Waals surface area contributed by atoms with Crippen molar-refractivity contribution in [1.82, 2.24) is 24.6 Å². The number of pyridine rings is 1. The second-order valence-corrected chi connectivity index (χ2v) is 8.22. The van der Waals surface area contributed by atoms with Gasteiger partial charge in [0.15, 0.2) is 12.3 Å². The molecule has 1 aliphatic heterocycles. The van der Waals surface area contributed by atoms with E-state index in [9.17, 15) is 9.59 Å². The van der Waals surface area contributed by atoms with Crippen LogP contribution < -0.4 is 4.74 Å². The monoisotopic (exact) mass is 435 g/mol. The maximum Gasteiger partial charge on any atom is 0.260 e. The Kier molecular flexibility index (Phi) is 6.12. The highest BCUT2D eigenvalue weighted by atomic mass is 16.5. The molecule has 2 aromatic heterocycles. The van der Waals surface area contributed by atoms with Crippen molar-refractivity contribution in [2.45, 2.75) is 27.2 Å². The number of amides is 2. The second kappa shape index (κ2) is 8.98. The number of carbonyl (C=O) groups is 2. The van der Waals surface area contributed by atoms with Crippen LogP contribution in [0.25, 0.3) is 11.0 Å². The van der Waals surface area contributed by atoms with Crippen LogP contribution in [-0.4, -0.2) is 69.2 Å². The zero-order valence-electron chi connectivity index (χ0n) is 19.1. The Bertz CT molecular complexity index is 1140. The van der Waals surface area contributed by atoms with Crippen LogP contribution in [0.1, 0.15) is 34.1 Å². The van der Waals surface area contributed by atoms with Crippen LogP contribution in [0.4, 0.5) is 0 Å². The molecule has 3 aromatic rings. The van der Waals surface area contributed by atoms with Gasteiger partial charge in [0, 0.05) is 44.5 Å². The topological polar surface area (TPSA) is 80.6 Å². The van der Waals surface area contributed by atoms with Crippen molar-refractivity contribution in [2.24, 2.45) is 7.05 Å². The predicted octanol–water partition coefficient (Wildman–Crippen LogP) is 2.51. The fourth-order valence-electron chi connectivity index (χ4n) is 4.10. The lowest BCUT2D eigenvalue weighted by Crippen LogP contribution is -2.51. The molecule has 0 spiro atoms. The highest BCUT2D eigenvalue weighted by Crippen LogP contribution is 2.27. The van der Waals surface area contributed by atoms with E-state index in [0.717, 1.165) is 28.7 Å². The van der Waals surface area contributed by atoms with Crippen molar-refractivity contribution in [3.05, 3.63) is 52.7 Å². The van der Waals surface area contributed by atoms with Crippen LogP contribution in [0, 0.1) is 13.8 Å². The minimum absolute atomic E-state index is 0.00854. The van der Waals surface area contributed by atoms with Gasteiger partial charge < -0.3 is 14.5 Å². The van der Waals surface area contributed by atoms with E-state index in [1.807, 2.05) is 51.2 Å². The maximum absolute atomic E-state index is 12.8. The number of hydrogen-bond acceptors (Lipinski definition) is 5. The molecule has 3 heterocycles. The van der Waals surface area contributed by atoms with Gasteiger partial charge in [0.25, 0.3) is 11.8 Å². The average Bonchev–Trinajstić information content (AvgIpc) is 3.12. The molecular weight excluding hydrogens is 406 g/mol. The normalized spacial score (nSPS) is 14.1. The Balaban J connectivity index is 1.34. The van der Waals surface area contributed by atoms with Crippen LogP contribution in [0.2, 0.25) is 0 Å². The molecule has 0 aliphatic carbocycles. The van der Waals surface area contributed by atoms with Crippen molar-refractivity contribution in [3.63, 3.8) is 0 Å². The van der Waals surface area contributed by atoms with E-state index < -0.39 is 0 Å². The predicted molar refractivity (Wildman–Crippen MR) is 122 cm³/mol. The minimum atomic E-state index is -0.110. The Morgan fingerprint density at radius 3 is 2.34 bits per heavy atom. The van der Waals surface area contributed by atoms with E-state index in [1.54, 1.807) is 14.5 Å². The molecule has 2 amide bonds. The van der Waals surface area contributed by atoms with Crippen LogP contribution in [0.5, 0.6) is 5.88 Å². The summed E-state index contributed by atoms with van der Waals surface area (Å²) < 4.78 is 7.47. The van der Waals surface area contributed by atoms with Gasteiger partial charge >= 0.3 is 0 Å². The second-order valence-electron chi connectivity index (χ2n) is 8.22. The quantitative estimate of drug-likeness (QED) is 0.615. The van der Waals surface area contributed by atoms with Gasteiger partial charge in [-0.2, -0.15) is 0 Å². The zero-order chi connectivity index (χ0) is 22.8. The SMILES string of the molecule is CCc1ccc(C(=O)N2CCN(C(=O)COc3nn(C)c4nc(C)cc(C)c34)CC2)cc1. The Morgan fingerprint density at radius 2 is 1.69 bits per heavy atom. The summed E-state index contributed by atoms with van der Waals surface area (Å²) in [7, 11) is 1.81. The van der Waals surface area contributed by atoms with E-state index in [0.29, 0.717) is 37.6 Å².